The molecule has 132 valence electrons. The Morgan fingerprint density at radius 3 is 2.88 bits per heavy atom. The zero-order valence-electron chi connectivity index (χ0n) is 14.9. The average Bonchev–Trinajstić information content (AvgIpc) is 3.20. The maximum Gasteiger partial charge on any atom is 0.191 e. The second-order valence-corrected chi connectivity index (χ2v) is 6.56. The molecule has 2 atom stereocenters. The number of nitrogens with one attached hydrogen (secondary N) is 3. The van der Waals surface area contributed by atoms with E-state index < -0.39 is 0 Å². The monoisotopic (exact) mass is 440 g/mol. The second-order valence-electron chi connectivity index (χ2n) is 6.56. The Morgan fingerprint density at radius 2 is 2.12 bits per heavy atom. The SMILES string of the molecule is CCCC1CC1NC(=NC)NCCc1c(C)[nH]c2ccccc12.I. The minimum Gasteiger partial charge on any atom is -0.358 e. The maximum atomic E-state index is 4.35. The van der Waals surface area contributed by atoms with E-state index in [4.69, 9.17) is 0 Å². The number of nitrogens with zero attached hydrogens (tertiary/aromatic N) is 1. The summed E-state index contributed by atoms with van der Waals surface area (Å²) in [5.41, 5.74) is 3.89. The normalized spacial score (nSPS) is 19.9. The third-order valence-corrected chi connectivity index (χ3v) is 4.82. The van der Waals surface area contributed by atoms with E-state index in [0.717, 1.165) is 24.8 Å². The lowest BCUT2D eigenvalue weighted by atomic mass is 10.1. The molecule has 3 rings (SSSR count). The molecule has 0 radical (unpaired) electrons. The smallest absolute Gasteiger partial charge is 0.191 e. The molecule has 5 heteroatoms. The summed E-state index contributed by atoms with van der Waals surface area (Å²) >= 11 is 0. The Labute approximate surface area is 161 Å². The van der Waals surface area contributed by atoms with Crippen LogP contribution in [0.5, 0.6) is 0 Å². The molecule has 1 aliphatic rings. The van der Waals surface area contributed by atoms with Crippen molar-refractivity contribution in [3.8, 4) is 0 Å². The molecule has 24 heavy (non-hydrogen) atoms. The van der Waals surface area contributed by atoms with Crippen LogP contribution in [0, 0.1) is 12.8 Å². The Balaban J connectivity index is 0.00000208. The Hall–Kier alpha value is -1.24. The number of hydrogen-bond acceptors (Lipinski definition) is 1. The topological polar surface area (TPSA) is 52.2 Å². The molecule has 1 aromatic carbocycles. The van der Waals surface area contributed by atoms with Crippen LogP contribution in [0.4, 0.5) is 0 Å². The van der Waals surface area contributed by atoms with E-state index in [1.165, 1.54) is 41.4 Å². The summed E-state index contributed by atoms with van der Waals surface area (Å²) in [6.45, 7) is 5.31. The largest absolute Gasteiger partial charge is 0.358 e. The van der Waals surface area contributed by atoms with Gasteiger partial charge in [-0.1, -0.05) is 31.5 Å². The van der Waals surface area contributed by atoms with Crippen molar-refractivity contribution >= 4 is 40.8 Å². The van der Waals surface area contributed by atoms with Gasteiger partial charge in [0.25, 0.3) is 0 Å². The summed E-state index contributed by atoms with van der Waals surface area (Å²) in [6.07, 6.45) is 4.88. The quantitative estimate of drug-likeness (QED) is 0.362. The van der Waals surface area contributed by atoms with Crippen LogP contribution < -0.4 is 10.6 Å². The summed E-state index contributed by atoms with van der Waals surface area (Å²) in [4.78, 5) is 7.82. The van der Waals surface area contributed by atoms with Crippen molar-refractivity contribution in [3.63, 3.8) is 0 Å². The van der Waals surface area contributed by atoms with Crippen LogP contribution in [0.2, 0.25) is 0 Å². The predicted octanol–water partition coefficient (Wildman–Crippen LogP) is 3.99. The summed E-state index contributed by atoms with van der Waals surface area (Å²) in [5.74, 6) is 1.78. The standard InChI is InChI=1S/C19H28N4.HI/c1-4-7-14-12-18(14)23-19(20-3)21-11-10-15-13(2)22-17-9-6-5-8-16(15)17;/h5-6,8-9,14,18,22H,4,7,10-12H2,1-3H3,(H2,20,21,23);1H. The first-order valence-electron chi connectivity index (χ1n) is 8.76. The maximum absolute atomic E-state index is 4.35. The molecule has 0 bridgehead atoms. The molecule has 0 aliphatic heterocycles. The lowest BCUT2D eigenvalue weighted by Gasteiger charge is -2.12. The number of H-pyrrole nitrogens is 1. The molecule has 0 saturated heterocycles. The second kappa shape index (κ2) is 8.74. The van der Waals surface area contributed by atoms with Gasteiger partial charge < -0.3 is 15.6 Å². The minimum atomic E-state index is 0. The average molecular weight is 440 g/mol. The number of guanidine groups is 1. The van der Waals surface area contributed by atoms with Crippen molar-refractivity contribution in [2.24, 2.45) is 10.9 Å². The molecular formula is C19H29IN4. The first kappa shape index (κ1) is 19.1. The Morgan fingerprint density at radius 1 is 1.33 bits per heavy atom. The zero-order chi connectivity index (χ0) is 16.2. The number of fused-ring (bicyclic) bond motifs is 1. The van der Waals surface area contributed by atoms with Gasteiger partial charge in [0.2, 0.25) is 0 Å². The number of aliphatic imine (C=N–C) groups is 1. The number of aromatic amines is 1. The summed E-state index contributed by atoms with van der Waals surface area (Å²) in [6, 6.07) is 9.14. The highest BCUT2D eigenvalue weighted by Crippen LogP contribution is 2.34. The van der Waals surface area contributed by atoms with E-state index in [1.807, 2.05) is 7.05 Å². The van der Waals surface area contributed by atoms with E-state index in [0.29, 0.717) is 6.04 Å². The number of hydrogen-bond donors (Lipinski definition) is 3. The molecule has 1 aromatic heterocycles. The molecule has 1 aliphatic carbocycles. The fourth-order valence-electron chi connectivity index (χ4n) is 3.45. The van der Waals surface area contributed by atoms with Gasteiger partial charge in [-0.05, 0) is 43.7 Å². The molecular weight excluding hydrogens is 411 g/mol. The van der Waals surface area contributed by atoms with E-state index >= 15 is 0 Å². The van der Waals surface area contributed by atoms with E-state index in [-0.39, 0.29) is 24.0 Å². The summed E-state index contributed by atoms with van der Waals surface area (Å²) < 4.78 is 0. The van der Waals surface area contributed by atoms with Crippen molar-refractivity contribution in [1.29, 1.82) is 0 Å². The van der Waals surface area contributed by atoms with Crippen LogP contribution in [-0.4, -0.2) is 30.6 Å². The number of benzene rings is 1. The Bertz CT molecular complexity index is 692. The van der Waals surface area contributed by atoms with Gasteiger partial charge in [-0.3, -0.25) is 4.99 Å². The van der Waals surface area contributed by atoms with E-state index in [9.17, 15) is 0 Å². The first-order chi connectivity index (χ1) is 11.2. The molecule has 0 amide bonds. The molecule has 2 unspecified atom stereocenters. The molecule has 2 aromatic rings. The highest BCUT2D eigenvalue weighted by atomic mass is 127. The van der Waals surface area contributed by atoms with Crippen molar-refractivity contribution in [1.82, 2.24) is 15.6 Å². The highest BCUT2D eigenvalue weighted by molar-refractivity contribution is 14.0. The van der Waals surface area contributed by atoms with Crippen molar-refractivity contribution < 1.29 is 0 Å². The third-order valence-electron chi connectivity index (χ3n) is 4.82. The number of rotatable bonds is 6. The van der Waals surface area contributed by atoms with Crippen LogP contribution in [0.25, 0.3) is 10.9 Å². The first-order valence-corrected chi connectivity index (χ1v) is 8.76. The number of para-hydroxylation sites is 1. The van der Waals surface area contributed by atoms with Gasteiger partial charge in [-0.15, -0.1) is 24.0 Å². The van der Waals surface area contributed by atoms with Crippen LogP contribution in [0.3, 0.4) is 0 Å². The molecule has 4 nitrogen and oxygen atoms in total. The lowest BCUT2D eigenvalue weighted by molar-refractivity contribution is 0.655. The van der Waals surface area contributed by atoms with Gasteiger partial charge in [0.05, 0.1) is 0 Å². The van der Waals surface area contributed by atoms with Crippen molar-refractivity contribution in [2.45, 2.75) is 45.6 Å². The number of aromatic nitrogens is 1. The fraction of sp³-hybridized carbons (Fsp3) is 0.526. The van der Waals surface area contributed by atoms with Crippen molar-refractivity contribution in [2.75, 3.05) is 13.6 Å². The van der Waals surface area contributed by atoms with Gasteiger partial charge in [0, 0.05) is 36.2 Å². The van der Waals surface area contributed by atoms with Crippen LogP contribution in [-0.2, 0) is 6.42 Å². The lowest BCUT2D eigenvalue weighted by Crippen LogP contribution is -2.40. The van der Waals surface area contributed by atoms with Gasteiger partial charge in [-0.25, -0.2) is 0 Å². The number of halogens is 1. The highest BCUT2D eigenvalue weighted by Gasteiger charge is 2.36. The van der Waals surface area contributed by atoms with Crippen LogP contribution in [0.1, 0.15) is 37.4 Å². The summed E-state index contributed by atoms with van der Waals surface area (Å²) in [7, 11) is 1.85. The molecule has 0 spiro atoms. The zero-order valence-corrected chi connectivity index (χ0v) is 17.2. The number of aryl methyl sites for hydroxylation is 1. The van der Waals surface area contributed by atoms with Gasteiger partial charge in [0.1, 0.15) is 0 Å². The van der Waals surface area contributed by atoms with Gasteiger partial charge in [0.15, 0.2) is 5.96 Å². The van der Waals surface area contributed by atoms with Crippen molar-refractivity contribution in [3.05, 3.63) is 35.5 Å². The van der Waals surface area contributed by atoms with E-state index in [1.54, 1.807) is 0 Å². The van der Waals surface area contributed by atoms with Gasteiger partial charge in [-0.2, -0.15) is 0 Å². The molecule has 1 saturated carbocycles. The predicted molar refractivity (Wildman–Crippen MR) is 113 cm³/mol. The fourth-order valence-corrected chi connectivity index (χ4v) is 3.45. The third kappa shape index (κ3) is 4.43. The Kier molecular flexibility index (Phi) is 6.95. The molecule has 1 fully saturated rings. The van der Waals surface area contributed by atoms with Crippen LogP contribution >= 0.6 is 24.0 Å². The molecule has 1 heterocycles. The van der Waals surface area contributed by atoms with Crippen LogP contribution in [0.15, 0.2) is 29.3 Å². The summed E-state index contributed by atoms with van der Waals surface area (Å²) in [5, 5.41) is 8.33. The van der Waals surface area contributed by atoms with Gasteiger partial charge >= 0.3 is 0 Å². The minimum absolute atomic E-state index is 0. The van der Waals surface area contributed by atoms with E-state index in [2.05, 4.69) is 58.7 Å². The molecule has 3 N–H and O–H groups in total.